The molecule has 6 N–H and O–H groups in total. The van der Waals surface area contributed by atoms with Gasteiger partial charge in [0, 0.05) is 49.5 Å². The molecule has 58 heavy (non-hydrogen) atoms. The van der Waals surface area contributed by atoms with Gasteiger partial charge in [0.25, 0.3) is 0 Å². The van der Waals surface area contributed by atoms with E-state index in [0.29, 0.717) is 18.4 Å². The number of aliphatic hydroxyl groups excluding tert-OH is 5. The van der Waals surface area contributed by atoms with Crippen LogP contribution in [0.3, 0.4) is 0 Å². The minimum absolute atomic E-state index is 0.0414. The summed E-state index contributed by atoms with van der Waals surface area (Å²) >= 11 is 0. The molecule has 3 aliphatic heterocycles. The van der Waals surface area contributed by atoms with Crippen LogP contribution < -0.4 is 0 Å². The predicted octanol–water partition coefficient (Wildman–Crippen LogP) is 4.88. The third kappa shape index (κ3) is 12.6. The summed E-state index contributed by atoms with van der Waals surface area (Å²) in [7, 11) is 2.83. The predicted molar refractivity (Wildman–Crippen MR) is 220 cm³/mol. The average molecular weight is 823 g/mol. The monoisotopic (exact) mass is 823 g/mol. The van der Waals surface area contributed by atoms with Crippen molar-refractivity contribution in [2.75, 3.05) is 14.2 Å². The average Bonchev–Trinajstić information content (AvgIpc) is 3.17. The van der Waals surface area contributed by atoms with Crippen LogP contribution in [0.4, 0.5) is 0 Å². The molecule has 0 aliphatic carbocycles. The second-order valence-electron chi connectivity index (χ2n) is 17.1. The molecule has 0 aromatic carbocycles. The second kappa shape index (κ2) is 22.4. The number of carbonyl (C=O) groups excluding carboxylic acids is 1. The van der Waals surface area contributed by atoms with Gasteiger partial charge in [-0.15, -0.1) is 0 Å². The first-order valence-corrected chi connectivity index (χ1v) is 21.0. The molecule has 2 saturated heterocycles. The van der Waals surface area contributed by atoms with Gasteiger partial charge < -0.3 is 59.1 Å². The molecular weight excluding hydrogens is 748 g/mol. The first-order chi connectivity index (χ1) is 27.2. The lowest BCUT2D eigenvalue weighted by molar-refractivity contribution is -0.339. The fourth-order valence-corrected chi connectivity index (χ4v) is 8.64. The lowest BCUT2D eigenvalue weighted by Gasteiger charge is -2.49. The zero-order valence-electron chi connectivity index (χ0n) is 36.7. The van der Waals surface area contributed by atoms with E-state index in [1.807, 2.05) is 65.8 Å². The van der Waals surface area contributed by atoms with Crippen LogP contribution in [0.15, 0.2) is 59.4 Å². The Bertz CT molecular complexity index is 1450. The van der Waals surface area contributed by atoms with Gasteiger partial charge in [0.2, 0.25) is 5.76 Å². The van der Waals surface area contributed by atoms with Gasteiger partial charge in [0.1, 0.15) is 18.3 Å². The molecule has 18 atom stereocenters. The van der Waals surface area contributed by atoms with E-state index >= 15 is 0 Å². The molecule has 13 heteroatoms. The maximum absolute atomic E-state index is 13.9. The summed E-state index contributed by atoms with van der Waals surface area (Å²) < 4.78 is 36.1. The van der Waals surface area contributed by atoms with Crippen LogP contribution in [-0.2, 0) is 33.2 Å². The highest BCUT2D eigenvalue weighted by molar-refractivity contribution is 5.87. The Morgan fingerprint density at radius 2 is 1.71 bits per heavy atom. The van der Waals surface area contributed by atoms with Crippen LogP contribution in [0, 0.1) is 35.5 Å². The molecule has 3 heterocycles. The summed E-state index contributed by atoms with van der Waals surface area (Å²) in [5, 5.41) is 67.8. The number of rotatable bonds is 10. The maximum Gasteiger partial charge on any atom is 0.373 e. The Labute approximate surface area is 346 Å². The molecule has 3 aliphatic rings. The van der Waals surface area contributed by atoms with Gasteiger partial charge in [0.05, 0.1) is 49.8 Å². The summed E-state index contributed by atoms with van der Waals surface area (Å²) in [6.07, 6.45) is 3.82. The minimum atomic E-state index is -1.93. The van der Waals surface area contributed by atoms with Gasteiger partial charge in [-0.2, -0.15) is 0 Å². The number of carbonyl (C=O) groups is 1. The van der Waals surface area contributed by atoms with E-state index in [4.69, 9.17) is 28.4 Å². The maximum atomic E-state index is 13.9. The van der Waals surface area contributed by atoms with Crippen molar-refractivity contribution in [1.29, 1.82) is 0 Å². The van der Waals surface area contributed by atoms with Gasteiger partial charge in [-0.05, 0) is 52.5 Å². The van der Waals surface area contributed by atoms with E-state index in [0.717, 1.165) is 5.57 Å². The van der Waals surface area contributed by atoms with Crippen molar-refractivity contribution in [2.24, 2.45) is 35.5 Å². The molecule has 0 amide bonds. The molecule has 2 fully saturated rings. The number of aliphatic hydroxyl groups is 6. The van der Waals surface area contributed by atoms with Crippen LogP contribution in [0.25, 0.3) is 0 Å². The van der Waals surface area contributed by atoms with Crippen molar-refractivity contribution in [3.8, 4) is 0 Å². The first-order valence-electron chi connectivity index (χ1n) is 21.0. The van der Waals surface area contributed by atoms with Crippen LogP contribution in [0.2, 0.25) is 0 Å². The van der Waals surface area contributed by atoms with Crippen LogP contribution in [0.5, 0.6) is 0 Å². The Hall–Kier alpha value is -2.43. The molecule has 0 aromatic rings. The summed E-state index contributed by atoms with van der Waals surface area (Å²) in [5.74, 6) is -5.78. The molecule has 0 aromatic heterocycles. The SMILES string of the molecule is C/C=C/[C@H]1O[C@@](O)([C@@H](C)[C@H](O)[C@H](C)[C@H]2OC(=O)/C(OC)=C/C(C)=C/[C@@H](C)[C@@H](O)[C@@H](CC)[C@@H](O)[C@H](C)C/C(C)=C/C=C[C@@H]2OC)C[C@@H](O[C@H]2C[C@@H](O)[C@H](O)[C@@H](C)O2)[C@@H]1C. The first kappa shape index (κ1) is 49.9. The van der Waals surface area contributed by atoms with Crippen molar-refractivity contribution in [1.82, 2.24) is 0 Å². The Kier molecular flexibility index (Phi) is 19.3. The van der Waals surface area contributed by atoms with Crippen LogP contribution >= 0.6 is 0 Å². The highest BCUT2D eigenvalue weighted by Gasteiger charge is 2.52. The highest BCUT2D eigenvalue weighted by Crippen LogP contribution is 2.42. The third-order valence-electron chi connectivity index (χ3n) is 12.5. The number of esters is 1. The van der Waals surface area contributed by atoms with E-state index in [2.05, 4.69) is 0 Å². The highest BCUT2D eigenvalue weighted by atomic mass is 16.7. The minimum Gasteiger partial charge on any atom is -0.490 e. The van der Waals surface area contributed by atoms with E-state index in [-0.39, 0.29) is 42.3 Å². The Balaban J connectivity index is 2.02. The molecule has 0 radical (unpaired) electrons. The molecule has 332 valence electrons. The standard InChI is InChI=1S/C45H74O13/c1-13-16-34-28(7)37(56-38-22-33(46)42(50)31(10)55-38)23-45(52,58-34)30(9)41(49)29(8)43-35(53-11)18-15-17-24(3)19-26(5)39(47)32(14-2)40(48)27(6)20-25(4)21-36(54-12)44(51)57-43/h13,15-18,20-21,26-35,37-43,46-50,52H,14,19,22-23H2,1-12H3/b16-13+,18-15?,24-17+,25-20+,36-21-/t26-,27-,28-,29+,30+,31-,32+,33-,34-,35+,37-,38+,39+,40-,41-,42-,43-,45-/m1/s1. The number of cyclic esters (lactones) is 1. The zero-order valence-corrected chi connectivity index (χ0v) is 36.7. The van der Waals surface area contributed by atoms with Crippen LogP contribution in [-0.4, -0.2) is 124 Å². The summed E-state index contributed by atoms with van der Waals surface area (Å²) in [6, 6.07) is 0. The molecule has 3 rings (SSSR count). The molecule has 0 unspecified atom stereocenters. The molecule has 0 saturated carbocycles. The van der Waals surface area contributed by atoms with Crippen molar-refractivity contribution < 1.29 is 63.9 Å². The van der Waals surface area contributed by atoms with Gasteiger partial charge in [-0.3, -0.25) is 0 Å². The zero-order chi connectivity index (χ0) is 43.6. The topological polar surface area (TPSA) is 194 Å². The Morgan fingerprint density at radius 1 is 1.03 bits per heavy atom. The summed E-state index contributed by atoms with van der Waals surface area (Å²) in [4.78, 5) is 13.9. The van der Waals surface area contributed by atoms with Gasteiger partial charge >= 0.3 is 5.97 Å². The van der Waals surface area contributed by atoms with Gasteiger partial charge in [-0.25, -0.2) is 4.79 Å². The Morgan fingerprint density at radius 3 is 2.29 bits per heavy atom. The van der Waals surface area contributed by atoms with E-state index in [1.165, 1.54) is 20.3 Å². The van der Waals surface area contributed by atoms with Crippen molar-refractivity contribution in [3.63, 3.8) is 0 Å². The van der Waals surface area contributed by atoms with E-state index in [1.54, 1.807) is 39.8 Å². The quantitative estimate of drug-likeness (QED) is 0.129. The third-order valence-corrected chi connectivity index (χ3v) is 12.5. The number of hydrogen-bond acceptors (Lipinski definition) is 13. The number of allylic oxidation sites excluding steroid dienone is 6. The lowest BCUT2D eigenvalue weighted by atomic mass is 9.77. The molecule has 0 bridgehead atoms. The van der Waals surface area contributed by atoms with Crippen molar-refractivity contribution in [2.45, 2.75) is 168 Å². The number of methoxy groups -OCH3 is 2. The largest absolute Gasteiger partial charge is 0.490 e. The van der Waals surface area contributed by atoms with Gasteiger partial charge in [-0.1, -0.05) is 89.1 Å². The second-order valence-corrected chi connectivity index (χ2v) is 17.1. The number of hydrogen-bond donors (Lipinski definition) is 6. The van der Waals surface area contributed by atoms with Crippen molar-refractivity contribution >= 4 is 5.97 Å². The molecule has 13 nitrogen and oxygen atoms in total. The molecule has 0 spiro atoms. The summed E-state index contributed by atoms with van der Waals surface area (Å²) in [6.45, 7) is 18.3. The lowest BCUT2D eigenvalue weighted by Crippen LogP contribution is -2.59. The fraction of sp³-hybridized carbons (Fsp3) is 0.756. The van der Waals surface area contributed by atoms with Gasteiger partial charge in [0.15, 0.2) is 12.1 Å². The van der Waals surface area contributed by atoms with E-state index in [9.17, 15) is 35.4 Å². The smallest absolute Gasteiger partial charge is 0.373 e. The van der Waals surface area contributed by atoms with E-state index < -0.39 is 90.9 Å². The fourth-order valence-electron chi connectivity index (χ4n) is 8.64. The number of ether oxygens (including phenoxy) is 6. The van der Waals surface area contributed by atoms with Crippen LogP contribution in [0.1, 0.15) is 94.9 Å². The molecular formula is C45H74O13. The summed E-state index contributed by atoms with van der Waals surface area (Å²) in [5.41, 5.74) is 1.61. The normalized spacial score (nSPS) is 43.3. The van der Waals surface area contributed by atoms with Crippen molar-refractivity contribution in [3.05, 3.63) is 59.4 Å².